The molecule has 0 radical (unpaired) electrons. The molecule has 182 valence electrons. The standard InChI is InChI=1S/C26H30ClN5O2Si/c1-17-21(12-11-20(16-29)23(17)27)30-22(13-14-33-35(5,6)26(2,3)4)25-32-31-24(34-25)19-9-7-18(15-28)8-10-19/h7-12,22,30H,13-14H2,1-6H3. The summed E-state index contributed by atoms with van der Waals surface area (Å²) in [5.74, 6) is 0.791. The Morgan fingerprint density at radius 3 is 2.37 bits per heavy atom. The van der Waals surface area contributed by atoms with Crippen LogP contribution in [0.25, 0.3) is 11.5 Å². The Morgan fingerprint density at radius 2 is 1.77 bits per heavy atom. The van der Waals surface area contributed by atoms with Gasteiger partial charge in [0.15, 0.2) is 8.32 Å². The van der Waals surface area contributed by atoms with Crippen molar-refractivity contribution in [2.24, 2.45) is 0 Å². The minimum atomic E-state index is -1.93. The summed E-state index contributed by atoms with van der Waals surface area (Å²) in [6.45, 7) is 13.4. The maximum atomic E-state index is 9.28. The van der Waals surface area contributed by atoms with Crippen LogP contribution >= 0.6 is 11.6 Å². The Bertz CT molecular complexity index is 1270. The number of hydrogen-bond donors (Lipinski definition) is 1. The number of halogens is 1. The molecule has 0 spiro atoms. The van der Waals surface area contributed by atoms with Crippen LogP contribution in [0.5, 0.6) is 0 Å². The van der Waals surface area contributed by atoms with Gasteiger partial charge < -0.3 is 14.2 Å². The van der Waals surface area contributed by atoms with E-state index in [1.54, 1.807) is 30.3 Å². The van der Waals surface area contributed by atoms with Crippen molar-refractivity contribution >= 4 is 25.6 Å². The normalized spacial score (nSPS) is 12.6. The summed E-state index contributed by atoms with van der Waals surface area (Å²) < 4.78 is 12.4. The molecular formula is C26H30ClN5O2Si. The van der Waals surface area contributed by atoms with Crippen molar-refractivity contribution in [3.63, 3.8) is 0 Å². The van der Waals surface area contributed by atoms with E-state index in [0.717, 1.165) is 16.8 Å². The van der Waals surface area contributed by atoms with Crippen LogP contribution in [0.3, 0.4) is 0 Å². The zero-order chi connectivity index (χ0) is 25.8. The van der Waals surface area contributed by atoms with Crippen molar-refractivity contribution in [3.05, 3.63) is 64.0 Å². The zero-order valence-electron chi connectivity index (χ0n) is 20.9. The summed E-state index contributed by atoms with van der Waals surface area (Å²) in [5, 5.41) is 30.8. The van der Waals surface area contributed by atoms with Crippen LogP contribution in [-0.2, 0) is 4.43 Å². The van der Waals surface area contributed by atoms with Crippen molar-refractivity contribution in [1.82, 2.24) is 10.2 Å². The van der Waals surface area contributed by atoms with Gasteiger partial charge in [0.05, 0.1) is 22.2 Å². The van der Waals surface area contributed by atoms with E-state index >= 15 is 0 Å². The van der Waals surface area contributed by atoms with Crippen LogP contribution in [0.4, 0.5) is 5.69 Å². The molecule has 1 aromatic heterocycles. The van der Waals surface area contributed by atoms with Crippen LogP contribution in [-0.4, -0.2) is 25.1 Å². The first kappa shape index (κ1) is 26.4. The van der Waals surface area contributed by atoms with Crippen LogP contribution in [0, 0.1) is 29.6 Å². The molecular weight excluding hydrogens is 478 g/mol. The predicted octanol–water partition coefficient (Wildman–Crippen LogP) is 7.01. The lowest BCUT2D eigenvalue weighted by molar-refractivity contribution is 0.268. The summed E-state index contributed by atoms with van der Waals surface area (Å²) in [5.41, 5.74) is 3.27. The van der Waals surface area contributed by atoms with Gasteiger partial charge in [-0.3, -0.25) is 0 Å². The van der Waals surface area contributed by atoms with Gasteiger partial charge in [-0.1, -0.05) is 32.4 Å². The van der Waals surface area contributed by atoms with Crippen molar-refractivity contribution < 1.29 is 8.84 Å². The van der Waals surface area contributed by atoms with Crippen LogP contribution < -0.4 is 5.32 Å². The smallest absolute Gasteiger partial charge is 0.247 e. The van der Waals surface area contributed by atoms with Crippen molar-refractivity contribution in [3.8, 4) is 23.6 Å². The van der Waals surface area contributed by atoms with Gasteiger partial charge in [0.25, 0.3) is 0 Å². The number of nitriles is 2. The molecule has 0 fully saturated rings. The van der Waals surface area contributed by atoms with E-state index in [4.69, 9.17) is 25.7 Å². The Labute approximate surface area is 212 Å². The van der Waals surface area contributed by atoms with E-state index in [-0.39, 0.29) is 11.1 Å². The highest BCUT2D eigenvalue weighted by molar-refractivity contribution is 6.74. The summed E-state index contributed by atoms with van der Waals surface area (Å²) in [4.78, 5) is 0. The lowest BCUT2D eigenvalue weighted by Gasteiger charge is -2.36. The third kappa shape index (κ3) is 6.10. The highest BCUT2D eigenvalue weighted by Gasteiger charge is 2.37. The molecule has 7 nitrogen and oxygen atoms in total. The number of aromatic nitrogens is 2. The van der Waals surface area contributed by atoms with E-state index < -0.39 is 8.32 Å². The topological polar surface area (TPSA) is 108 Å². The SMILES string of the molecule is Cc1c(NC(CCO[Si](C)(C)C(C)(C)C)c2nnc(-c3ccc(C#N)cc3)o2)ccc(C#N)c1Cl. The quantitative estimate of drug-likeness (QED) is 0.326. The predicted molar refractivity (Wildman–Crippen MR) is 139 cm³/mol. The van der Waals surface area contributed by atoms with Gasteiger partial charge in [0, 0.05) is 17.9 Å². The molecule has 1 unspecified atom stereocenters. The molecule has 0 amide bonds. The van der Waals surface area contributed by atoms with Gasteiger partial charge in [-0.25, -0.2) is 0 Å². The third-order valence-electron chi connectivity index (χ3n) is 6.51. The van der Waals surface area contributed by atoms with E-state index in [2.05, 4.69) is 61.5 Å². The monoisotopic (exact) mass is 507 g/mol. The molecule has 1 heterocycles. The first-order chi connectivity index (χ1) is 16.5. The Hall–Kier alpha value is -3.17. The minimum Gasteiger partial charge on any atom is -0.418 e. The number of hydrogen-bond acceptors (Lipinski definition) is 7. The largest absolute Gasteiger partial charge is 0.418 e. The number of rotatable bonds is 8. The molecule has 0 saturated carbocycles. The highest BCUT2D eigenvalue weighted by atomic mass is 35.5. The van der Waals surface area contributed by atoms with Crippen LogP contribution in [0.1, 0.15) is 55.8 Å². The summed E-state index contributed by atoms with van der Waals surface area (Å²) >= 11 is 6.40. The maximum Gasteiger partial charge on any atom is 0.247 e. The molecule has 0 saturated heterocycles. The fourth-order valence-electron chi connectivity index (χ4n) is 3.20. The molecule has 0 aliphatic carbocycles. The van der Waals surface area contributed by atoms with E-state index in [1.807, 2.05) is 13.0 Å². The Morgan fingerprint density at radius 1 is 1.09 bits per heavy atom. The second-order valence-electron chi connectivity index (χ2n) is 9.94. The van der Waals surface area contributed by atoms with Gasteiger partial charge in [-0.05, 0) is 73.4 Å². The lowest BCUT2D eigenvalue weighted by atomic mass is 10.1. The summed E-state index contributed by atoms with van der Waals surface area (Å²) in [7, 11) is -1.93. The van der Waals surface area contributed by atoms with Crippen molar-refractivity contribution in [2.75, 3.05) is 11.9 Å². The molecule has 0 aliphatic rings. The molecule has 0 bridgehead atoms. The first-order valence-corrected chi connectivity index (χ1v) is 14.7. The number of anilines is 1. The van der Waals surface area contributed by atoms with E-state index in [1.165, 1.54) is 0 Å². The second-order valence-corrected chi connectivity index (χ2v) is 15.1. The second kappa shape index (κ2) is 10.6. The lowest BCUT2D eigenvalue weighted by Crippen LogP contribution is -2.41. The van der Waals surface area contributed by atoms with E-state index in [0.29, 0.717) is 41.0 Å². The van der Waals surface area contributed by atoms with Crippen LogP contribution in [0.2, 0.25) is 23.2 Å². The number of nitrogens with one attached hydrogen (secondary N) is 1. The first-order valence-electron chi connectivity index (χ1n) is 11.4. The van der Waals surface area contributed by atoms with E-state index in [9.17, 15) is 5.26 Å². The summed E-state index contributed by atoms with van der Waals surface area (Å²) in [6, 6.07) is 14.4. The third-order valence-corrected chi connectivity index (χ3v) is 11.5. The molecule has 2 aromatic carbocycles. The average molecular weight is 508 g/mol. The number of benzene rings is 2. The molecule has 9 heteroatoms. The van der Waals surface area contributed by atoms with Gasteiger partial charge in [-0.2, -0.15) is 10.5 Å². The zero-order valence-corrected chi connectivity index (χ0v) is 22.7. The average Bonchev–Trinajstić information content (AvgIpc) is 3.31. The van der Waals surface area contributed by atoms with Crippen molar-refractivity contribution in [1.29, 1.82) is 10.5 Å². The van der Waals surface area contributed by atoms with Gasteiger partial charge >= 0.3 is 0 Å². The fraction of sp³-hybridized carbons (Fsp3) is 0.385. The molecule has 3 aromatic rings. The Balaban J connectivity index is 1.88. The fourth-order valence-corrected chi connectivity index (χ4v) is 4.47. The summed E-state index contributed by atoms with van der Waals surface area (Å²) in [6.07, 6.45) is 0.596. The maximum absolute atomic E-state index is 9.28. The molecule has 35 heavy (non-hydrogen) atoms. The number of nitrogens with zero attached hydrogens (tertiary/aromatic N) is 4. The van der Waals surface area contributed by atoms with Crippen LogP contribution in [0.15, 0.2) is 40.8 Å². The Kier molecular flexibility index (Phi) is 8.02. The minimum absolute atomic E-state index is 0.0976. The molecule has 0 aliphatic heterocycles. The van der Waals surface area contributed by atoms with Gasteiger partial charge in [0.2, 0.25) is 11.8 Å². The molecule has 1 atom stereocenters. The molecule has 1 N–H and O–H groups in total. The van der Waals surface area contributed by atoms with Gasteiger partial charge in [0.1, 0.15) is 12.1 Å². The molecule has 3 rings (SSSR count). The van der Waals surface area contributed by atoms with Gasteiger partial charge in [-0.15, -0.1) is 10.2 Å². The van der Waals surface area contributed by atoms with Crippen molar-refractivity contribution in [2.45, 2.75) is 58.3 Å². The highest BCUT2D eigenvalue weighted by Crippen LogP contribution is 2.37.